The van der Waals surface area contributed by atoms with E-state index in [1.165, 1.54) is 6.07 Å². The smallest absolute Gasteiger partial charge is 0.417 e. The van der Waals surface area contributed by atoms with E-state index in [2.05, 4.69) is 10.6 Å². The van der Waals surface area contributed by atoms with Crippen LogP contribution in [0.25, 0.3) is 0 Å². The molecule has 0 fully saturated rings. The molecule has 0 aliphatic rings. The number of hydrogen-bond acceptors (Lipinski definition) is 3. The highest BCUT2D eigenvalue weighted by atomic mass is 35.5. The maximum absolute atomic E-state index is 12.8. The highest BCUT2D eigenvalue weighted by Gasteiger charge is 2.33. The molecule has 0 atom stereocenters. The van der Waals surface area contributed by atoms with Gasteiger partial charge in [0.25, 0.3) is 0 Å². The van der Waals surface area contributed by atoms with E-state index in [4.69, 9.17) is 20.8 Å². The third kappa shape index (κ3) is 6.32. The van der Waals surface area contributed by atoms with Crippen LogP contribution in [0, 0.1) is 0 Å². The van der Waals surface area contributed by atoms with Crippen molar-refractivity contribution in [2.75, 3.05) is 18.5 Å². The molecule has 2 rings (SSSR count). The largest absolute Gasteiger partial charge is 0.467 e. The van der Waals surface area contributed by atoms with Gasteiger partial charge in [0.15, 0.2) is 0 Å². The first kappa shape index (κ1) is 19.1. The molecule has 0 spiro atoms. The van der Waals surface area contributed by atoms with Crippen LogP contribution in [0.5, 0.6) is 0 Å². The zero-order valence-electron chi connectivity index (χ0n) is 13.0. The normalized spacial score (nSPS) is 11.4. The van der Waals surface area contributed by atoms with E-state index < -0.39 is 22.8 Å². The van der Waals surface area contributed by atoms with Crippen LogP contribution >= 0.6 is 11.6 Å². The Morgan fingerprint density at radius 1 is 1.28 bits per heavy atom. The molecule has 0 bridgehead atoms. The van der Waals surface area contributed by atoms with Gasteiger partial charge in [0.2, 0.25) is 0 Å². The Hall–Kier alpha value is -2.19. The first-order valence-corrected chi connectivity index (χ1v) is 7.76. The molecule has 1 heterocycles. The monoisotopic (exact) mass is 376 g/mol. The Morgan fingerprint density at radius 3 is 2.76 bits per heavy atom. The minimum atomic E-state index is -4.59. The number of furan rings is 1. The molecule has 25 heavy (non-hydrogen) atoms. The van der Waals surface area contributed by atoms with Crippen LogP contribution in [0.4, 0.5) is 23.7 Å². The second-order valence-electron chi connectivity index (χ2n) is 5.06. The quantitative estimate of drug-likeness (QED) is 0.690. The Bertz CT molecular complexity index is 690. The molecule has 1 aromatic heterocycles. The van der Waals surface area contributed by atoms with E-state index in [-0.39, 0.29) is 5.69 Å². The SMILES string of the molecule is O=C(NCCCOCc1ccco1)Nc1ccc(Cl)c(C(F)(F)F)c1. The molecule has 1 aromatic carbocycles. The topological polar surface area (TPSA) is 63.5 Å². The van der Waals surface area contributed by atoms with Crippen LogP contribution < -0.4 is 10.6 Å². The molecule has 0 aliphatic heterocycles. The Morgan fingerprint density at radius 2 is 2.08 bits per heavy atom. The summed E-state index contributed by atoms with van der Waals surface area (Å²) in [7, 11) is 0. The number of nitrogens with one attached hydrogen (secondary N) is 2. The standard InChI is InChI=1S/C16H16ClF3N2O3/c17-14-5-4-11(9-13(14)16(18,19)20)22-15(23)21-6-2-7-24-10-12-3-1-8-25-12/h1,3-5,8-9H,2,6-7,10H2,(H2,21,22,23). The van der Waals surface area contributed by atoms with Gasteiger partial charge in [-0.3, -0.25) is 0 Å². The second kappa shape index (κ2) is 8.77. The van der Waals surface area contributed by atoms with Gasteiger partial charge < -0.3 is 19.8 Å². The van der Waals surface area contributed by atoms with Crippen LogP contribution in [0.15, 0.2) is 41.0 Å². The molecule has 0 saturated carbocycles. The van der Waals surface area contributed by atoms with Crippen molar-refractivity contribution in [2.45, 2.75) is 19.2 Å². The number of hydrogen-bond donors (Lipinski definition) is 2. The van der Waals surface area contributed by atoms with Gasteiger partial charge in [-0.15, -0.1) is 0 Å². The summed E-state index contributed by atoms with van der Waals surface area (Å²) < 4.78 is 48.7. The molecule has 0 radical (unpaired) electrons. The van der Waals surface area contributed by atoms with Gasteiger partial charge in [0.05, 0.1) is 16.8 Å². The highest BCUT2D eigenvalue weighted by molar-refractivity contribution is 6.31. The minimum absolute atomic E-state index is 0.00305. The summed E-state index contributed by atoms with van der Waals surface area (Å²) in [5, 5.41) is 4.44. The Balaban J connectivity index is 1.70. The van der Waals surface area contributed by atoms with E-state index in [1.807, 2.05) is 0 Å². The highest BCUT2D eigenvalue weighted by Crippen LogP contribution is 2.36. The van der Waals surface area contributed by atoms with Crippen molar-refractivity contribution >= 4 is 23.3 Å². The fourth-order valence-electron chi connectivity index (χ4n) is 1.94. The number of halogens is 4. The molecule has 2 N–H and O–H groups in total. The average Bonchev–Trinajstić information content (AvgIpc) is 3.05. The first-order chi connectivity index (χ1) is 11.9. The van der Waals surface area contributed by atoms with Crippen LogP contribution in [-0.2, 0) is 17.5 Å². The van der Waals surface area contributed by atoms with Crippen molar-refractivity contribution < 1.29 is 27.1 Å². The molecule has 5 nitrogen and oxygen atoms in total. The van der Waals surface area contributed by atoms with Crippen molar-refractivity contribution in [3.8, 4) is 0 Å². The summed E-state index contributed by atoms with van der Waals surface area (Å²) in [4.78, 5) is 11.7. The molecule has 0 aliphatic carbocycles. The molecule has 0 unspecified atom stereocenters. The van der Waals surface area contributed by atoms with E-state index in [0.29, 0.717) is 31.9 Å². The van der Waals surface area contributed by atoms with E-state index in [9.17, 15) is 18.0 Å². The minimum Gasteiger partial charge on any atom is -0.467 e. The van der Waals surface area contributed by atoms with Crippen molar-refractivity contribution in [3.05, 3.63) is 52.9 Å². The third-order valence-electron chi connectivity index (χ3n) is 3.11. The van der Waals surface area contributed by atoms with E-state index in [0.717, 1.165) is 12.1 Å². The molecule has 2 amide bonds. The number of urea groups is 1. The van der Waals surface area contributed by atoms with Gasteiger partial charge in [-0.2, -0.15) is 13.2 Å². The van der Waals surface area contributed by atoms with E-state index >= 15 is 0 Å². The zero-order chi connectivity index (χ0) is 18.3. The summed E-state index contributed by atoms with van der Waals surface area (Å²) in [5.41, 5.74) is -0.999. The van der Waals surface area contributed by atoms with Crippen molar-refractivity contribution in [1.29, 1.82) is 0 Å². The lowest BCUT2D eigenvalue weighted by molar-refractivity contribution is -0.137. The average molecular weight is 377 g/mol. The summed E-state index contributed by atoms with van der Waals surface area (Å²) in [6, 6.07) is 6.10. The predicted octanol–water partition coefficient (Wildman–Crippen LogP) is 4.68. The van der Waals surface area contributed by atoms with E-state index in [1.54, 1.807) is 18.4 Å². The zero-order valence-corrected chi connectivity index (χ0v) is 13.8. The first-order valence-electron chi connectivity index (χ1n) is 7.38. The molecule has 2 aromatic rings. The number of benzene rings is 1. The number of ether oxygens (including phenoxy) is 1. The van der Waals surface area contributed by atoms with Gasteiger partial charge in [0, 0.05) is 18.8 Å². The Kier molecular flexibility index (Phi) is 6.72. The van der Waals surface area contributed by atoms with Gasteiger partial charge >= 0.3 is 12.2 Å². The maximum Gasteiger partial charge on any atom is 0.417 e. The number of carbonyl (C=O) groups excluding carboxylic acids is 1. The molecule has 9 heteroatoms. The van der Waals surface area contributed by atoms with Crippen LogP contribution in [-0.4, -0.2) is 19.2 Å². The van der Waals surface area contributed by atoms with Gasteiger partial charge in [0.1, 0.15) is 12.4 Å². The van der Waals surface area contributed by atoms with Gasteiger partial charge in [-0.05, 0) is 36.8 Å². The number of alkyl halides is 3. The van der Waals surface area contributed by atoms with Gasteiger partial charge in [-0.1, -0.05) is 11.6 Å². The molecule has 0 saturated heterocycles. The lowest BCUT2D eigenvalue weighted by Gasteiger charge is -2.12. The van der Waals surface area contributed by atoms with Crippen LogP contribution in [0.2, 0.25) is 5.02 Å². The molecular formula is C16H16ClF3N2O3. The summed E-state index contributed by atoms with van der Waals surface area (Å²) >= 11 is 5.52. The number of carbonyl (C=O) groups is 1. The maximum atomic E-state index is 12.8. The number of rotatable bonds is 7. The summed E-state index contributed by atoms with van der Waals surface area (Å²) in [6.45, 7) is 1.05. The fourth-order valence-corrected chi connectivity index (χ4v) is 2.16. The molecule has 136 valence electrons. The summed E-state index contributed by atoms with van der Waals surface area (Å²) in [6.07, 6.45) is -2.50. The van der Waals surface area contributed by atoms with Crippen LogP contribution in [0.1, 0.15) is 17.7 Å². The van der Waals surface area contributed by atoms with Gasteiger partial charge in [-0.25, -0.2) is 4.79 Å². The number of amides is 2. The summed E-state index contributed by atoms with van der Waals surface area (Å²) in [5.74, 6) is 0.703. The lowest BCUT2D eigenvalue weighted by atomic mass is 10.2. The predicted molar refractivity (Wildman–Crippen MR) is 86.5 cm³/mol. The van der Waals surface area contributed by atoms with Crippen molar-refractivity contribution in [2.24, 2.45) is 0 Å². The molecular weight excluding hydrogens is 361 g/mol. The third-order valence-corrected chi connectivity index (χ3v) is 3.43. The van der Waals surface area contributed by atoms with Crippen LogP contribution in [0.3, 0.4) is 0 Å². The van der Waals surface area contributed by atoms with Crippen molar-refractivity contribution in [3.63, 3.8) is 0 Å². The number of anilines is 1. The van der Waals surface area contributed by atoms with Crippen molar-refractivity contribution in [1.82, 2.24) is 5.32 Å². The second-order valence-corrected chi connectivity index (χ2v) is 5.47. The Labute approximate surface area is 147 Å². The fraction of sp³-hybridized carbons (Fsp3) is 0.312. The lowest BCUT2D eigenvalue weighted by Crippen LogP contribution is -2.30.